The molecule has 0 aliphatic carbocycles. The third kappa shape index (κ3) is 3.22. The monoisotopic (exact) mass is 262 g/mol. The minimum absolute atomic E-state index is 0.182. The molecule has 0 aliphatic rings. The molecule has 2 aromatic rings. The molecule has 0 spiro atoms. The Morgan fingerprint density at radius 1 is 1.17 bits per heavy atom. The van der Waals surface area contributed by atoms with E-state index < -0.39 is 10.1 Å². The van der Waals surface area contributed by atoms with Gasteiger partial charge in [0.1, 0.15) is 0 Å². The highest BCUT2D eigenvalue weighted by Crippen LogP contribution is 2.17. The molecule has 0 saturated heterocycles. The van der Waals surface area contributed by atoms with E-state index in [9.17, 15) is 8.42 Å². The SMILES string of the molecule is O=S(=O)(O)c1cccc(N=Cc2ccccn2)c1. The van der Waals surface area contributed by atoms with Crippen molar-refractivity contribution in [3.63, 3.8) is 0 Å². The zero-order valence-corrected chi connectivity index (χ0v) is 10.1. The van der Waals surface area contributed by atoms with Gasteiger partial charge < -0.3 is 0 Å². The summed E-state index contributed by atoms with van der Waals surface area (Å²) in [4.78, 5) is 7.95. The summed E-state index contributed by atoms with van der Waals surface area (Å²) in [6.45, 7) is 0. The highest BCUT2D eigenvalue weighted by Gasteiger charge is 2.08. The van der Waals surface area contributed by atoms with E-state index >= 15 is 0 Å². The van der Waals surface area contributed by atoms with Gasteiger partial charge in [0.2, 0.25) is 0 Å². The molecule has 92 valence electrons. The lowest BCUT2D eigenvalue weighted by atomic mass is 10.3. The summed E-state index contributed by atoms with van der Waals surface area (Å²) in [5, 5.41) is 0. The Labute approximate surface area is 105 Å². The topological polar surface area (TPSA) is 79.6 Å². The maximum absolute atomic E-state index is 11.0. The third-order valence-electron chi connectivity index (χ3n) is 2.15. The Balaban J connectivity index is 2.28. The standard InChI is InChI=1S/C12H10N2O3S/c15-18(16,17)12-6-3-5-10(8-12)14-9-11-4-1-2-7-13-11/h1-9H,(H,15,16,17). The molecular weight excluding hydrogens is 252 g/mol. The number of rotatable bonds is 3. The maximum atomic E-state index is 11.0. The molecule has 1 N–H and O–H groups in total. The molecule has 0 bridgehead atoms. The summed E-state index contributed by atoms with van der Waals surface area (Å²) in [7, 11) is -4.20. The van der Waals surface area contributed by atoms with E-state index in [1.807, 2.05) is 6.07 Å². The quantitative estimate of drug-likeness (QED) is 0.678. The molecule has 18 heavy (non-hydrogen) atoms. The number of aromatic nitrogens is 1. The van der Waals surface area contributed by atoms with Gasteiger partial charge in [0.25, 0.3) is 10.1 Å². The van der Waals surface area contributed by atoms with Gasteiger partial charge in [-0.1, -0.05) is 12.1 Å². The highest BCUT2D eigenvalue weighted by atomic mass is 32.2. The summed E-state index contributed by atoms with van der Waals surface area (Å²) >= 11 is 0. The van der Waals surface area contributed by atoms with Crippen LogP contribution in [0.3, 0.4) is 0 Å². The van der Waals surface area contributed by atoms with Crippen LogP contribution in [0.1, 0.15) is 5.69 Å². The second-order valence-electron chi connectivity index (χ2n) is 3.49. The van der Waals surface area contributed by atoms with Crippen LogP contribution in [0, 0.1) is 0 Å². The minimum Gasteiger partial charge on any atom is -0.282 e. The van der Waals surface area contributed by atoms with Crippen molar-refractivity contribution in [1.82, 2.24) is 4.98 Å². The van der Waals surface area contributed by atoms with Gasteiger partial charge in [-0.2, -0.15) is 8.42 Å². The van der Waals surface area contributed by atoms with Gasteiger partial charge in [0.05, 0.1) is 22.5 Å². The third-order valence-corrected chi connectivity index (χ3v) is 3.00. The lowest BCUT2D eigenvalue weighted by Crippen LogP contribution is -1.96. The molecule has 0 aliphatic heterocycles. The van der Waals surface area contributed by atoms with Crippen LogP contribution < -0.4 is 0 Å². The first kappa shape index (κ1) is 12.4. The van der Waals surface area contributed by atoms with Gasteiger partial charge in [-0.3, -0.25) is 14.5 Å². The molecule has 2 rings (SSSR count). The van der Waals surface area contributed by atoms with Crippen LogP contribution in [0.15, 0.2) is 58.5 Å². The van der Waals surface area contributed by atoms with E-state index in [0.29, 0.717) is 11.4 Å². The summed E-state index contributed by atoms with van der Waals surface area (Å²) < 4.78 is 30.8. The zero-order valence-electron chi connectivity index (χ0n) is 9.26. The smallest absolute Gasteiger partial charge is 0.282 e. The Bertz CT molecular complexity index is 667. The average molecular weight is 262 g/mol. The molecule has 1 aromatic heterocycles. The molecular formula is C12H10N2O3S. The molecule has 1 aromatic carbocycles. The van der Waals surface area contributed by atoms with Gasteiger partial charge in [-0.05, 0) is 30.3 Å². The number of benzene rings is 1. The number of hydrogen-bond donors (Lipinski definition) is 1. The highest BCUT2D eigenvalue weighted by molar-refractivity contribution is 7.85. The lowest BCUT2D eigenvalue weighted by Gasteiger charge is -1.98. The second kappa shape index (κ2) is 5.07. The predicted molar refractivity (Wildman–Crippen MR) is 67.7 cm³/mol. The van der Waals surface area contributed by atoms with Crippen molar-refractivity contribution >= 4 is 22.0 Å². The van der Waals surface area contributed by atoms with Crippen LogP contribution in [-0.4, -0.2) is 24.2 Å². The Morgan fingerprint density at radius 3 is 2.67 bits per heavy atom. The Kier molecular flexibility index (Phi) is 3.50. The minimum atomic E-state index is -4.20. The summed E-state index contributed by atoms with van der Waals surface area (Å²) in [6, 6.07) is 11.1. The first-order valence-electron chi connectivity index (χ1n) is 5.08. The van der Waals surface area contributed by atoms with Crippen LogP contribution in [0.4, 0.5) is 5.69 Å². The predicted octanol–water partition coefficient (Wildman–Crippen LogP) is 2.08. The fraction of sp³-hybridized carbons (Fsp3) is 0. The van der Waals surface area contributed by atoms with E-state index in [1.54, 1.807) is 24.4 Å². The van der Waals surface area contributed by atoms with Crippen molar-refractivity contribution in [2.45, 2.75) is 4.90 Å². The van der Waals surface area contributed by atoms with Crippen molar-refractivity contribution in [3.8, 4) is 0 Å². The first-order chi connectivity index (χ1) is 8.55. The van der Waals surface area contributed by atoms with Crippen LogP contribution in [0.25, 0.3) is 0 Å². The van der Waals surface area contributed by atoms with Crippen molar-refractivity contribution in [3.05, 3.63) is 54.4 Å². The number of aliphatic imine (C=N–C) groups is 1. The Hall–Kier alpha value is -2.05. The maximum Gasteiger partial charge on any atom is 0.294 e. The molecule has 0 radical (unpaired) electrons. The normalized spacial score (nSPS) is 11.8. The van der Waals surface area contributed by atoms with Crippen LogP contribution in [0.5, 0.6) is 0 Å². The molecule has 6 heteroatoms. The van der Waals surface area contributed by atoms with Crippen LogP contribution >= 0.6 is 0 Å². The fourth-order valence-corrected chi connectivity index (χ4v) is 1.84. The van der Waals surface area contributed by atoms with Crippen molar-refractivity contribution in [1.29, 1.82) is 0 Å². The van der Waals surface area contributed by atoms with Crippen LogP contribution in [0.2, 0.25) is 0 Å². The first-order valence-corrected chi connectivity index (χ1v) is 6.52. The average Bonchev–Trinajstić information content (AvgIpc) is 2.37. The van der Waals surface area contributed by atoms with Crippen molar-refractivity contribution in [2.75, 3.05) is 0 Å². The van der Waals surface area contributed by atoms with Crippen LogP contribution in [-0.2, 0) is 10.1 Å². The van der Waals surface area contributed by atoms with E-state index in [0.717, 1.165) is 0 Å². The summed E-state index contributed by atoms with van der Waals surface area (Å²) in [6.07, 6.45) is 3.15. The van der Waals surface area contributed by atoms with Crippen molar-refractivity contribution < 1.29 is 13.0 Å². The number of hydrogen-bond acceptors (Lipinski definition) is 4. The second-order valence-corrected chi connectivity index (χ2v) is 4.91. The van der Waals surface area contributed by atoms with E-state index in [1.165, 1.54) is 24.4 Å². The van der Waals surface area contributed by atoms with E-state index in [-0.39, 0.29) is 4.90 Å². The largest absolute Gasteiger partial charge is 0.294 e. The number of pyridine rings is 1. The summed E-state index contributed by atoms with van der Waals surface area (Å²) in [5.74, 6) is 0. The zero-order chi connectivity index (χ0) is 13.0. The van der Waals surface area contributed by atoms with Gasteiger partial charge in [0, 0.05) is 6.20 Å². The molecule has 0 saturated carbocycles. The van der Waals surface area contributed by atoms with Gasteiger partial charge >= 0.3 is 0 Å². The molecule has 0 atom stereocenters. The molecule has 5 nitrogen and oxygen atoms in total. The summed E-state index contributed by atoms with van der Waals surface area (Å²) in [5.41, 5.74) is 1.09. The van der Waals surface area contributed by atoms with Crippen molar-refractivity contribution in [2.24, 2.45) is 4.99 Å². The fourth-order valence-electron chi connectivity index (χ4n) is 1.32. The molecule has 1 heterocycles. The van der Waals surface area contributed by atoms with Gasteiger partial charge in [0.15, 0.2) is 0 Å². The molecule has 0 amide bonds. The number of nitrogens with zero attached hydrogens (tertiary/aromatic N) is 2. The van der Waals surface area contributed by atoms with Gasteiger partial charge in [-0.25, -0.2) is 0 Å². The lowest BCUT2D eigenvalue weighted by molar-refractivity contribution is 0.483. The van der Waals surface area contributed by atoms with E-state index in [2.05, 4.69) is 9.98 Å². The molecule has 0 fully saturated rings. The van der Waals surface area contributed by atoms with Gasteiger partial charge in [-0.15, -0.1) is 0 Å². The van der Waals surface area contributed by atoms with E-state index in [4.69, 9.17) is 4.55 Å². The molecule has 0 unspecified atom stereocenters. The Morgan fingerprint density at radius 2 is 2.00 bits per heavy atom.